The van der Waals surface area contributed by atoms with Crippen molar-refractivity contribution in [2.24, 2.45) is 0 Å². The number of furan rings is 1. The molecule has 5 heteroatoms. The van der Waals surface area contributed by atoms with E-state index in [1.165, 1.54) is 6.26 Å². The highest BCUT2D eigenvalue weighted by Gasteiger charge is 2.16. The van der Waals surface area contributed by atoms with Gasteiger partial charge in [0.1, 0.15) is 15.6 Å². The average Bonchev–Trinajstić information content (AvgIpc) is 2.68. The third kappa shape index (κ3) is 5.23. The fourth-order valence-corrected chi connectivity index (χ4v) is 2.63. The van der Waals surface area contributed by atoms with Crippen LogP contribution in [0.5, 0.6) is 0 Å². The minimum atomic E-state index is -2.88. The maximum Gasteiger partial charge on any atom is 0.147 e. The zero-order chi connectivity index (χ0) is 13.6. The van der Waals surface area contributed by atoms with Crippen molar-refractivity contribution in [3.63, 3.8) is 0 Å². The molecule has 1 N–H and O–H groups in total. The van der Waals surface area contributed by atoms with E-state index in [0.29, 0.717) is 6.42 Å². The molecule has 0 bridgehead atoms. The molecule has 0 radical (unpaired) electrons. The maximum absolute atomic E-state index is 11.1. The van der Waals surface area contributed by atoms with Gasteiger partial charge in [0.2, 0.25) is 0 Å². The Balaban J connectivity index is 2.59. The van der Waals surface area contributed by atoms with Crippen molar-refractivity contribution >= 4 is 9.84 Å². The Labute approximate surface area is 110 Å². The number of hydrogen-bond acceptors (Lipinski definition) is 4. The van der Waals surface area contributed by atoms with E-state index in [0.717, 1.165) is 30.7 Å². The van der Waals surface area contributed by atoms with Gasteiger partial charge in [0, 0.05) is 12.0 Å². The van der Waals surface area contributed by atoms with E-state index in [-0.39, 0.29) is 11.8 Å². The lowest BCUT2D eigenvalue weighted by Crippen LogP contribution is -2.23. The van der Waals surface area contributed by atoms with Crippen molar-refractivity contribution in [3.8, 4) is 0 Å². The zero-order valence-corrected chi connectivity index (χ0v) is 12.2. The molecule has 0 aliphatic rings. The summed E-state index contributed by atoms with van der Waals surface area (Å²) in [6, 6.07) is 2.05. The highest BCUT2D eigenvalue weighted by atomic mass is 32.2. The number of nitrogens with one attached hydrogen (secondary N) is 1. The monoisotopic (exact) mass is 273 g/mol. The molecular weight excluding hydrogens is 250 g/mol. The summed E-state index contributed by atoms with van der Waals surface area (Å²) in [5, 5.41) is 3.41. The van der Waals surface area contributed by atoms with Crippen LogP contribution in [0.25, 0.3) is 0 Å². The number of hydrogen-bond donors (Lipinski definition) is 1. The SMILES string of the molecule is CCCNC(CCCS(C)(=O)=O)c1occc1C. The van der Waals surface area contributed by atoms with Crippen LogP contribution >= 0.6 is 0 Å². The minimum absolute atomic E-state index is 0.113. The molecular formula is C13H23NO3S. The number of aryl methyl sites for hydroxylation is 1. The van der Waals surface area contributed by atoms with Crippen LogP contribution < -0.4 is 5.32 Å². The van der Waals surface area contributed by atoms with Gasteiger partial charge in [0.05, 0.1) is 12.3 Å². The van der Waals surface area contributed by atoms with Gasteiger partial charge in [-0.3, -0.25) is 0 Å². The Morgan fingerprint density at radius 2 is 2.17 bits per heavy atom. The van der Waals surface area contributed by atoms with Gasteiger partial charge in [-0.05, 0) is 44.4 Å². The van der Waals surface area contributed by atoms with Crippen LogP contribution in [0.1, 0.15) is 43.6 Å². The summed E-state index contributed by atoms with van der Waals surface area (Å²) in [4.78, 5) is 0. The third-order valence-electron chi connectivity index (χ3n) is 2.87. The summed E-state index contributed by atoms with van der Waals surface area (Å²) in [5.41, 5.74) is 1.11. The van der Waals surface area contributed by atoms with Crippen molar-refractivity contribution in [3.05, 3.63) is 23.7 Å². The molecule has 0 fully saturated rings. The Morgan fingerprint density at radius 1 is 1.44 bits per heavy atom. The summed E-state index contributed by atoms with van der Waals surface area (Å²) < 4.78 is 27.8. The molecule has 1 unspecified atom stereocenters. The Kier molecular flexibility index (Phi) is 5.88. The van der Waals surface area contributed by atoms with Gasteiger partial charge >= 0.3 is 0 Å². The summed E-state index contributed by atoms with van der Waals surface area (Å²) in [6.45, 7) is 5.02. The fraction of sp³-hybridized carbons (Fsp3) is 0.692. The van der Waals surface area contributed by atoms with Gasteiger partial charge in [0.15, 0.2) is 0 Å². The van der Waals surface area contributed by atoms with E-state index in [1.807, 2.05) is 13.0 Å². The quantitative estimate of drug-likeness (QED) is 0.790. The van der Waals surface area contributed by atoms with E-state index in [2.05, 4.69) is 12.2 Å². The molecule has 0 spiro atoms. The maximum atomic E-state index is 11.1. The van der Waals surface area contributed by atoms with Crippen LogP contribution in [-0.2, 0) is 9.84 Å². The van der Waals surface area contributed by atoms with E-state index in [9.17, 15) is 8.42 Å². The van der Waals surface area contributed by atoms with Gasteiger partial charge in [-0.25, -0.2) is 8.42 Å². The van der Waals surface area contributed by atoms with Crippen LogP contribution in [0, 0.1) is 6.92 Å². The first-order valence-electron chi connectivity index (χ1n) is 6.39. The van der Waals surface area contributed by atoms with Gasteiger partial charge in [-0.2, -0.15) is 0 Å². The van der Waals surface area contributed by atoms with E-state index >= 15 is 0 Å². The molecule has 0 aliphatic heterocycles. The topological polar surface area (TPSA) is 59.3 Å². The van der Waals surface area contributed by atoms with Crippen molar-refractivity contribution in [1.29, 1.82) is 0 Å². The fourth-order valence-electron chi connectivity index (χ4n) is 1.94. The van der Waals surface area contributed by atoms with E-state index in [4.69, 9.17) is 4.42 Å². The van der Waals surface area contributed by atoms with Crippen LogP contribution in [0.15, 0.2) is 16.7 Å². The second kappa shape index (κ2) is 6.95. The molecule has 104 valence electrons. The largest absolute Gasteiger partial charge is 0.467 e. The molecule has 4 nitrogen and oxygen atoms in total. The molecule has 0 aliphatic carbocycles. The van der Waals surface area contributed by atoms with Gasteiger partial charge < -0.3 is 9.73 Å². The van der Waals surface area contributed by atoms with E-state index in [1.54, 1.807) is 6.26 Å². The zero-order valence-electron chi connectivity index (χ0n) is 11.4. The van der Waals surface area contributed by atoms with Gasteiger partial charge in [0.25, 0.3) is 0 Å². The Morgan fingerprint density at radius 3 is 2.67 bits per heavy atom. The van der Waals surface area contributed by atoms with Crippen molar-refractivity contribution in [2.45, 2.75) is 39.2 Å². The Bertz CT molecular complexity index is 451. The molecule has 0 saturated carbocycles. The van der Waals surface area contributed by atoms with Crippen molar-refractivity contribution < 1.29 is 12.8 Å². The smallest absolute Gasteiger partial charge is 0.147 e. The van der Waals surface area contributed by atoms with Gasteiger partial charge in [-0.15, -0.1) is 0 Å². The molecule has 1 aromatic rings. The van der Waals surface area contributed by atoms with Gasteiger partial charge in [-0.1, -0.05) is 6.92 Å². The minimum Gasteiger partial charge on any atom is -0.467 e. The van der Waals surface area contributed by atoms with E-state index < -0.39 is 9.84 Å². The first-order chi connectivity index (χ1) is 8.44. The summed E-state index contributed by atoms with van der Waals surface area (Å²) >= 11 is 0. The molecule has 1 heterocycles. The molecule has 1 rings (SSSR count). The molecule has 1 aromatic heterocycles. The standard InChI is InChI=1S/C13H23NO3S/c1-4-8-14-12(6-5-10-18(3,15)16)13-11(2)7-9-17-13/h7,9,12,14H,4-6,8,10H2,1-3H3. The predicted octanol–water partition coefficient (Wildman–Crippen LogP) is 2.45. The summed E-state index contributed by atoms with van der Waals surface area (Å²) in [5.74, 6) is 1.16. The third-order valence-corrected chi connectivity index (χ3v) is 3.90. The highest BCUT2D eigenvalue weighted by Crippen LogP contribution is 2.23. The lowest BCUT2D eigenvalue weighted by molar-refractivity contribution is 0.391. The second-order valence-electron chi connectivity index (χ2n) is 4.75. The lowest BCUT2D eigenvalue weighted by atomic mass is 10.1. The van der Waals surface area contributed by atoms with Crippen LogP contribution in [0.3, 0.4) is 0 Å². The molecule has 0 amide bonds. The first-order valence-corrected chi connectivity index (χ1v) is 8.45. The highest BCUT2D eigenvalue weighted by molar-refractivity contribution is 7.90. The molecule has 18 heavy (non-hydrogen) atoms. The van der Waals surface area contributed by atoms with Crippen LogP contribution in [0.4, 0.5) is 0 Å². The first kappa shape index (κ1) is 15.2. The van der Waals surface area contributed by atoms with Crippen LogP contribution in [0.2, 0.25) is 0 Å². The average molecular weight is 273 g/mol. The normalized spacial score (nSPS) is 13.7. The number of rotatable bonds is 8. The summed E-state index contributed by atoms with van der Waals surface area (Å²) in [6.07, 6.45) is 5.44. The van der Waals surface area contributed by atoms with Crippen LogP contribution in [-0.4, -0.2) is 27.0 Å². The predicted molar refractivity (Wildman–Crippen MR) is 73.4 cm³/mol. The molecule has 0 saturated heterocycles. The molecule has 0 aromatic carbocycles. The lowest BCUT2D eigenvalue weighted by Gasteiger charge is -2.17. The van der Waals surface area contributed by atoms with Crippen molar-refractivity contribution in [1.82, 2.24) is 5.32 Å². The summed E-state index contributed by atoms with van der Waals surface area (Å²) in [7, 11) is -2.88. The van der Waals surface area contributed by atoms with Crippen molar-refractivity contribution in [2.75, 3.05) is 18.6 Å². The molecule has 1 atom stereocenters. The number of sulfone groups is 1. The Hall–Kier alpha value is -0.810. The second-order valence-corrected chi connectivity index (χ2v) is 7.01.